The Bertz CT molecular complexity index is 435. The molecule has 16 heavy (non-hydrogen) atoms. The Hall–Kier alpha value is -1.51. The third-order valence-corrected chi connectivity index (χ3v) is 3.90. The maximum atomic E-state index is 12.3. The molecule has 3 heteroatoms. The molecule has 1 aromatic rings. The summed E-state index contributed by atoms with van der Waals surface area (Å²) in [5.74, 6) is 0.149. The predicted octanol–water partition coefficient (Wildman–Crippen LogP) is 2.45. The molecule has 1 aliphatic carbocycles. The van der Waals surface area contributed by atoms with Gasteiger partial charge in [0, 0.05) is 12.7 Å². The van der Waals surface area contributed by atoms with Crippen LogP contribution < -0.4 is 5.32 Å². The van der Waals surface area contributed by atoms with Crippen LogP contribution in [0.3, 0.4) is 0 Å². The van der Waals surface area contributed by atoms with Crippen molar-refractivity contribution in [2.24, 2.45) is 0 Å². The Labute approximate surface area is 95.4 Å². The highest BCUT2D eigenvalue weighted by Crippen LogP contribution is 2.40. The molecule has 0 bridgehead atoms. The van der Waals surface area contributed by atoms with Gasteiger partial charge in [0.1, 0.15) is 5.66 Å². The van der Waals surface area contributed by atoms with Crippen LogP contribution in [0.15, 0.2) is 24.3 Å². The summed E-state index contributed by atoms with van der Waals surface area (Å²) in [5.41, 5.74) is 1.67. The summed E-state index contributed by atoms with van der Waals surface area (Å²) in [6.45, 7) is 0. The first-order chi connectivity index (χ1) is 7.73. The SMILES string of the molecule is CN1C(=O)c2ccccc2NC12CCCC2. The summed E-state index contributed by atoms with van der Waals surface area (Å²) in [6.07, 6.45) is 4.52. The molecule has 1 N–H and O–H groups in total. The number of anilines is 1. The topological polar surface area (TPSA) is 32.3 Å². The van der Waals surface area contributed by atoms with E-state index in [0.29, 0.717) is 0 Å². The summed E-state index contributed by atoms with van der Waals surface area (Å²) in [6, 6.07) is 7.79. The molecule has 1 spiro atoms. The first-order valence-electron chi connectivity index (χ1n) is 5.88. The molecule has 1 aliphatic heterocycles. The van der Waals surface area contributed by atoms with Gasteiger partial charge >= 0.3 is 0 Å². The van der Waals surface area contributed by atoms with Crippen molar-refractivity contribution in [3.05, 3.63) is 29.8 Å². The number of carbonyl (C=O) groups excluding carboxylic acids is 1. The number of carbonyl (C=O) groups is 1. The van der Waals surface area contributed by atoms with Crippen molar-refractivity contribution in [3.63, 3.8) is 0 Å². The maximum Gasteiger partial charge on any atom is 0.257 e. The van der Waals surface area contributed by atoms with Crippen LogP contribution in [0.5, 0.6) is 0 Å². The van der Waals surface area contributed by atoms with Gasteiger partial charge in [-0.2, -0.15) is 0 Å². The Morgan fingerprint density at radius 1 is 1.25 bits per heavy atom. The number of nitrogens with one attached hydrogen (secondary N) is 1. The Morgan fingerprint density at radius 3 is 2.69 bits per heavy atom. The minimum absolute atomic E-state index is 0.120. The number of nitrogens with zero attached hydrogens (tertiary/aromatic N) is 1. The second kappa shape index (κ2) is 3.24. The minimum atomic E-state index is -0.120. The van der Waals surface area contributed by atoms with E-state index in [4.69, 9.17) is 0 Å². The number of para-hydroxylation sites is 1. The van der Waals surface area contributed by atoms with Gasteiger partial charge in [0.25, 0.3) is 5.91 Å². The molecule has 1 heterocycles. The minimum Gasteiger partial charge on any atom is -0.362 e. The van der Waals surface area contributed by atoms with E-state index >= 15 is 0 Å². The van der Waals surface area contributed by atoms with Crippen LogP contribution in [0.1, 0.15) is 36.0 Å². The van der Waals surface area contributed by atoms with E-state index in [0.717, 1.165) is 24.1 Å². The molecule has 1 fully saturated rings. The van der Waals surface area contributed by atoms with Gasteiger partial charge in [0.2, 0.25) is 0 Å². The highest BCUT2D eigenvalue weighted by Gasteiger charge is 2.44. The zero-order valence-electron chi connectivity index (χ0n) is 9.49. The van der Waals surface area contributed by atoms with E-state index in [1.165, 1.54) is 12.8 Å². The lowest BCUT2D eigenvalue weighted by atomic mass is 9.99. The van der Waals surface area contributed by atoms with Gasteiger partial charge in [-0.25, -0.2) is 0 Å². The van der Waals surface area contributed by atoms with Crippen LogP contribution in [0.4, 0.5) is 5.69 Å². The van der Waals surface area contributed by atoms with E-state index in [1.807, 2.05) is 36.2 Å². The lowest BCUT2D eigenvalue weighted by molar-refractivity contribution is 0.0600. The fourth-order valence-corrected chi connectivity index (χ4v) is 2.91. The third-order valence-electron chi connectivity index (χ3n) is 3.90. The highest BCUT2D eigenvalue weighted by atomic mass is 16.2. The van der Waals surface area contributed by atoms with Crippen molar-refractivity contribution in [2.75, 3.05) is 12.4 Å². The van der Waals surface area contributed by atoms with Crippen LogP contribution in [0.2, 0.25) is 0 Å². The molecule has 0 radical (unpaired) electrons. The fraction of sp³-hybridized carbons (Fsp3) is 0.462. The average Bonchev–Trinajstić information content (AvgIpc) is 2.76. The van der Waals surface area contributed by atoms with Gasteiger partial charge < -0.3 is 10.2 Å². The van der Waals surface area contributed by atoms with Gasteiger partial charge in [-0.3, -0.25) is 4.79 Å². The van der Waals surface area contributed by atoms with Crippen molar-refractivity contribution in [3.8, 4) is 0 Å². The normalized spacial score (nSPS) is 22.1. The van der Waals surface area contributed by atoms with Crippen LogP contribution in [-0.4, -0.2) is 23.5 Å². The van der Waals surface area contributed by atoms with Gasteiger partial charge in [-0.05, 0) is 37.8 Å². The monoisotopic (exact) mass is 216 g/mol. The number of amides is 1. The summed E-state index contributed by atoms with van der Waals surface area (Å²) in [5, 5.41) is 3.56. The van der Waals surface area contributed by atoms with Gasteiger partial charge in [-0.1, -0.05) is 12.1 Å². The van der Waals surface area contributed by atoms with Gasteiger partial charge in [0.05, 0.1) is 5.56 Å². The molecule has 0 saturated heterocycles. The standard InChI is InChI=1S/C13H16N2O/c1-15-12(16)10-6-2-3-7-11(10)14-13(15)8-4-5-9-13/h2-3,6-7,14H,4-5,8-9H2,1H3. The van der Waals surface area contributed by atoms with Crippen LogP contribution in [-0.2, 0) is 0 Å². The first-order valence-corrected chi connectivity index (χ1v) is 5.88. The summed E-state index contributed by atoms with van der Waals surface area (Å²) < 4.78 is 0. The van der Waals surface area contributed by atoms with Crippen molar-refractivity contribution in [1.29, 1.82) is 0 Å². The van der Waals surface area contributed by atoms with Crippen molar-refractivity contribution in [2.45, 2.75) is 31.3 Å². The van der Waals surface area contributed by atoms with Gasteiger partial charge in [0.15, 0.2) is 0 Å². The summed E-state index contributed by atoms with van der Waals surface area (Å²) >= 11 is 0. The zero-order valence-corrected chi connectivity index (χ0v) is 9.49. The van der Waals surface area contributed by atoms with Crippen LogP contribution >= 0.6 is 0 Å². The molecular weight excluding hydrogens is 200 g/mol. The molecule has 0 aromatic heterocycles. The number of fused-ring (bicyclic) bond motifs is 1. The Balaban J connectivity index is 2.08. The van der Waals surface area contributed by atoms with Crippen molar-refractivity contribution < 1.29 is 4.79 Å². The molecular formula is C13H16N2O. The molecule has 3 rings (SSSR count). The van der Waals surface area contributed by atoms with Crippen LogP contribution in [0.25, 0.3) is 0 Å². The Kier molecular flexibility index (Phi) is 1.96. The van der Waals surface area contributed by atoms with E-state index < -0.39 is 0 Å². The van der Waals surface area contributed by atoms with E-state index in [2.05, 4.69) is 5.32 Å². The van der Waals surface area contributed by atoms with Crippen LogP contribution in [0, 0.1) is 0 Å². The lowest BCUT2D eigenvalue weighted by Gasteiger charge is -2.44. The smallest absolute Gasteiger partial charge is 0.257 e. The lowest BCUT2D eigenvalue weighted by Crippen LogP contribution is -2.56. The first kappa shape index (κ1) is 9.70. The highest BCUT2D eigenvalue weighted by molar-refractivity contribution is 6.02. The molecule has 84 valence electrons. The van der Waals surface area contributed by atoms with Crippen molar-refractivity contribution >= 4 is 11.6 Å². The predicted molar refractivity (Wildman–Crippen MR) is 63.4 cm³/mol. The molecule has 0 unspecified atom stereocenters. The van der Waals surface area contributed by atoms with E-state index in [9.17, 15) is 4.79 Å². The molecule has 1 aromatic carbocycles. The maximum absolute atomic E-state index is 12.3. The second-order valence-corrected chi connectivity index (χ2v) is 4.77. The zero-order chi connectivity index (χ0) is 11.2. The van der Waals surface area contributed by atoms with E-state index in [1.54, 1.807) is 0 Å². The second-order valence-electron chi connectivity index (χ2n) is 4.77. The summed E-state index contributed by atoms with van der Waals surface area (Å²) in [4.78, 5) is 14.2. The van der Waals surface area contributed by atoms with E-state index in [-0.39, 0.29) is 11.6 Å². The molecule has 0 atom stereocenters. The molecule has 1 amide bonds. The molecule has 1 saturated carbocycles. The molecule has 2 aliphatic rings. The number of hydrogen-bond donors (Lipinski definition) is 1. The average molecular weight is 216 g/mol. The quantitative estimate of drug-likeness (QED) is 0.722. The fourth-order valence-electron chi connectivity index (χ4n) is 2.91. The van der Waals surface area contributed by atoms with Crippen molar-refractivity contribution in [1.82, 2.24) is 4.90 Å². The van der Waals surface area contributed by atoms with Gasteiger partial charge in [-0.15, -0.1) is 0 Å². The third kappa shape index (κ3) is 1.17. The number of rotatable bonds is 0. The largest absolute Gasteiger partial charge is 0.362 e. The molecule has 3 nitrogen and oxygen atoms in total. The summed E-state index contributed by atoms with van der Waals surface area (Å²) in [7, 11) is 1.91. The number of hydrogen-bond acceptors (Lipinski definition) is 2. The Morgan fingerprint density at radius 2 is 1.94 bits per heavy atom. The number of benzene rings is 1.